The van der Waals surface area contributed by atoms with Gasteiger partial charge in [-0.2, -0.15) is 0 Å². The molecular formula is C20H19Cl2F3N2O3. The van der Waals surface area contributed by atoms with Crippen LogP contribution in [0.3, 0.4) is 0 Å². The highest BCUT2D eigenvalue weighted by molar-refractivity contribution is 6.36. The second-order valence-corrected chi connectivity index (χ2v) is 8.16. The lowest BCUT2D eigenvalue weighted by molar-refractivity contribution is -0.274. The fourth-order valence-corrected chi connectivity index (χ4v) is 3.23. The molecule has 0 aromatic heterocycles. The molecule has 0 aliphatic carbocycles. The Balaban J connectivity index is 2.35. The van der Waals surface area contributed by atoms with Gasteiger partial charge >= 0.3 is 6.36 Å². The van der Waals surface area contributed by atoms with Gasteiger partial charge in [-0.15, -0.1) is 13.2 Å². The van der Waals surface area contributed by atoms with Gasteiger partial charge in [0.25, 0.3) is 11.8 Å². The molecule has 2 amide bonds. The van der Waals surface area contributed by atoms with Crippen LogP contribution in [0.2, 0.25) is 10.0 Å². The molecule has 0 saturated carbocycles. The molecule has 0 N–H and O–H groups in total. The lowest BCUT2D eigenvalue weighted by Gasteiger charge is -2.41. The summed E-state index contributed by atoms with van der Waals surface area (Å²) in [5.41, 5.74) is -0.637. The zero-order valence-corrected chi connectivity index (χ0v) is 18.1. The number of carbonyl (C=O) groups excluding carboxylic acids is 2. The van der Waals surface area contributed by atoms with E-state index < -0.39 is 29.5 Å². The van der Waals surface area contributed by atoms with Crippen molar-refractivity contribution in [1.82, 2.24) is 10.0 Å². The third-order valence-corrected chi connectivity index (χ3v) is 4.47. The van der Waals surface area contributed by atoms with Crippen LogP contribution in [0.25, 0.3) is 0 Å². The number of ether oxygens (including phenoxy) is 1. The van der Waals surface area contributed by atoms with Gasteiger partial charge in [-0.25, -0.2) is 10.0 Å². The zero-order valence-electron chi connectivity index (χ0n) is 16.6. The minimum atomic E-state index is -4.84. The molecule has 0 unspecified atom stereocenters. The normalized spacial score (nSPS) is 11.8. The van der Waals surface area contributed by atoms with E-state index >= 15 is 0 Å². The predicted molar refractivity (Wildman–Crippen MR) is 108 cm³/mol. The fraction of sp³-hybridized carbons (Fsp3) is 0.300. The van der Waals surface area contributed by atoms with Gasteiger partial charge in [0.05, 0.1) is 16.1 Å². The zero-order chi connectivity index (χ0) is 22.9. The van der Waals surface area contributed by atoms with Crippen molar-refractivity contribution in [2.24, 2.45) is 0 Å². The molecule has 0 spiro atoms. The highest BCUT2D eigenvalue weighted by atomic mass is 35.5. The van der Waals surface area contributed by atoms with E-state index in [1.54, 1.807) is 20.8 Å². The molecule has 5 nitrogen and oxygen atoms in total. The van der Waals surface area contributed by atoms with E-state index in [0.29, 0.717) is 5.02 Å². The Hall–Kier alpha value is -2.45. The number of amides is 2. The van der Waals surface area contributed by atoms with Crippen molar-refractivity contribution < 1.29 is 27.5 Å². The van der Waals surface area contributed by atoms with Gasteiger partial charge in [0, 0.05) is 17.6 Å². The van der Waals surface area contributed by atoms with Crippen molar-refractivity contribution in [3.8, 4) is 5.75 Å². The van der Waals surface area contributed by atoms with E-state index in [-0.39, 0.29) is 16.1 Å². The third-order valence-electron chi connectivity index (χ3n) is 3.92. The summed E-state index contributed by atoms with van der Waals surface area (Å²) < 4.78 is 40.8. The van der Waals surface area contributed by atoms with E-state index in [1.165, 1.54) is 42.4 Å². The number of nitrogens with zero attached hydrogens (tertiary/aromatic N) is 2. The maximum absolute atomic E-state index is 13.1. The molecule has 0 bridgehead atoms. The Morgan fingerprint density at radius 2 is 1.50 bits per heavy atom. The quantitative estimate of drug-likeness (QED) is 0.539. The summed E-state index contributed by atoms with van der Waals surface area (Å²) in [6.45, 7) is 5.12. The molecule has 0 radical (unpaired) electrons. The van der Waals surface area contributed by atoms with Crippen LogP contribution in [-0.2, 0) is 0 Å². The van der Waals surface area contributed by atoms with E-state index in [1.807, 2.05) is 0 Å². The number of benzene rings is 2. The molecule has 0 atom stereocenters. The summed E-state index contributed by atoms with van der Waals surface area (Å²) in [4.78, 5) is 26.1. The minimum Gasteiger partial charge on any atom is -0.406 e. The van der Waals surface area contributed by atoms with Crippen molar-refractivity contribution in [2.75, 3.05) is 7.05 Å². The Labute approximate surface area is 181 Å². The van der Waals surface area contributed by atoms with Gasteiger partial charge in [-0.05, 0) is 63.2 Å². The highest BCUT2D eigenvalue weighted by Crippen LogP contribution is 2.27. The fourth-order valence-electron chi connectivity index (χ4n) is 2.74. The Bertz CT molecular complexity index is 942. The lowest BCUT2D eigenvalue weighted by Crippen LogP contribution is -2.56. The van der Waals surface area contributed by atoms with Gasteiger partial charge in [0.2, 0.25) is 0 Å². The largest absolute Gasteiger partial charge is 0.573 e. The topological polar surface area (TPSA) is 49.9 Å². The van der Waals surface area contributed by atoms with Gasteiger partial charge in [-0.1, -0.05) is 23.2 Å². The monoisotopic (exact) mass is 462 g/mol. The Morgan fingerprint density at radius 1 is 0.933 bits per heavy atom. The molecule has 10 heteroatoms. The molecule has 2 rings (SSSR count). The first kappa shape index (κ1) is 23.8. The molecular weight excluding hydrogens is 444 g/mol. The molecule has 2 aromatic carbocycles. The smallest absolute Gasteiger partial charge is 0.406 e. The van der Waals surface area contributed by atoms with Crippen molar-refractivity contribution >= 4 is 35.0 Å². The second kappa shape index (κ2) is 8.73. The number of rotatable bonds is 3. The summed E-state index contributed by atoms with van der Waals surface area (Å²) in [6.07, 6.45) is -4.84. The maximum Gasteiger partial charge on any atom is 0.573 e. The summed E-state index contributed by atoms with van der Waals surface area (Å²) in [5.74, 6) is -1.61. The van der Waals surface area contributed by atoms with E-state index in [0.717, 1.165) is 17.1 Å². The van der Waals surface area contributed by atoms with Gasteiger partial charge < -0.3 is 4.74 Å². The first-order chi connectivity index (χ1) is 13.7. The van der Waals surface area contributed by atoms with Crippen molar-refractivity contribution in [2.45, 2.75) is 32.7 Å². The van der Waals surface area contributed by atoms with Crippen LogP contribution in [0.5, 0.6) is 5.75 Å². The first-order valence-corrected chi connectivity index (χ1v) is 9.39. The van der Waals surface area contributed by atoms with Crippen LogP contribution in [0.1, 0.15) is 41.5 Å². The van der Waals surface area contributed by atoms with Crippen molar-refractivity contribution in [3.05, 3.63) is 63.6 Å². The molecule has 162 valence electrons. The standard InChI is InChI=1S/C20H19Cl2F3N2O3/c1-19(2,3)27(26(4)18(29)15-10-7-13(21)11-16(15)22)17(28)12-5-8-14(9-6-12)30-20(23,24)25/h5-11H,1-4H3. The van der Waals surface area contributed by atoms with Crippen LogP contribution in [0.4, 0.5) is 13.2 Å². The average Bonchev–Trinajstić information content (AvgIpc) is 2.59. The second-order valence-electron chi connectivity index (χ2n) is 7.31. The van der Waals surface area contributed by atoms with E-state index in [2.05, 4.69) is 4.74 Å². The minimum absolute atomic E-state index is 0.0707. The lowest BCUT2D eigenvalue weighted by atomic mass is 10.1. The van der Waals surface area contributed by atoms with E-state index in [9.17, 15) is 22.8 Å². The van der Waals surface area contributed by atoms with Gasteiger partial charge in [0.1, 0.15) is 5.75 Å². The van der Waals surface area contributed by atoms with Crippen LogP contribution < -0.4 is 4.74 Å². The summed E-state index contributed by atoms with van der Waals surface area (Å²) in [7, 11) is 1.40. The van der Waals surface area contributed by atoms with E-state index in [4.69, 9.17) is 23.2 Å². The number of hydrogen-bond donors (Lipinski definition) is 0. The third kappa shape index (κ3) is 5.79. The Kier molecular flexibility index (Phi) is 6.94. The number of halogens is 5. The SMILES string of the molecule is CN(C(=O)c1ccc(Cl)cc1Cl)N(C(=O)c1ccc(OC(F)(F)F)cc1)C(C)(C)C. The van der Waals surface area contributed by atoms with Crippen molar-refractivity contribution in [1.29, 1.82) is 0 Å². The van der Waals surface area contributed by atoms with Crippen LogP contribution >= 0.6 is 23.2 Å². The maximum atomic E-state index is 13.1. The Morgan fingerprint density at radius 3 is 1.97 bits per heavy atom. The van der Waals surface area contributed by atoms with Crippen LogP contribution in [0, 0.1) is 0 Å². The molecule has 0 aliphatic rings. The summed E-state index contributed by atoms with van der Waals surface area (Å²) in [6, 6.07) is 8.78. The average molecular weight is 463 g/mol. The van der Waals surface area contributed by atoms with Crippen LogP contribution in [0.15, 0.2) is 42.5 Å². The number of alkyl halides is 3. The molecule has 0 heterocycles. The van der Waals surface area contributed by atoms with Crippen molar-refractivity contribution in [3.63, 3.8) is 0 Å². The summed E-state index contributed by atoms with van der Waals surface area (Å²) in [5, 5.41) is 2.77. The van der Waals surface area contributed by atoms with Crippen LogP contribution in [-0.4, -0.2) is 40.8 Å². The first-order valence-electron chi connectivity index (χ1n) is 8.64. The summed E-state index contributed by atoms with van der Waals surface area (Å²) >= 11 is 12.0. The predicted octanol–water partition coefficient (Wildman–Crippen LogP) is 5.82. The van der Waals surface area contributed by atoms with Gasteiger partial charge in [0.15, 0.2) is 0 Å². The highest BCUT2D eigenvalue weighted by Gasteiger charge is 2.35. The number of carbonyl (C=O) groups is 2. The molecule has 0 aliphatic heterocycles. The number of hydrazine groups is 1. The molecule has 30 heavy (non-hydrogen) atoms. The molecule has 0 fully saturated rings. The molecule has 0 saturated heterocycles. The van der Waals surface area contributed by atoms with Gasteiger partial charge in [-0.3, -0.25) is 9.59 Å². The number of hydrogen-bond acceptors (Lipinski definition) is 3. The molecule has 2 aromatic rings.